The van der Waals surface area contributed by atoms with Gasteiger partial charge in [0.2, 0.25) is 5.91 Å². The number of hydrogen-bond donors (Lipinski definition) is 8. The first-order valence-electron chi connectivity index (χ1n) is 16.7. The molecule has 3 heterocycles. The Hall–Kier alpha value is -3.41. The third-order valence-corrected chi connectivity index (χ3v) is 10.3. The van der Waals surface area contributed by atoms with Crippen LogP contribution in [0.5, 0.6) is 0 Å². The van der Waals surface area contributed by atoms with Crippen molar-refractivity contribution in [2.75, 3.05) is 46.9 Å². The van der Waals surface area contributed by atoms with Gasteiger partial charge in [0.25, 0.3) is 0 Å². The van der Waals surface area contributed by atoms with Crippen molar-refractivity contribution in [1.82, 2.24) is 9.80 Å². The van der Waals surface area contributed by atoms with Crippen LogP contribution in [0, 0.1) is 23.7 Å². The predicted octanol–water partition coefficient (Wildman–Crippen LogP) is -2.48. The molecule has 3 aliphatic heterocycles. The summed E-state index contributed by atoms with van der Waals surface area (Å²) in [6, 6.07) is 11.6. The molecule has 0 saturated carbocycles. The zero-order valence-corrected chi connectivity index (χ0v) is 27.9. The van der Waals surface area contributed by atoms with Crippen LogP contribution in [-0.2, 0) is 19.7 Å². The van der Waals surface area contributed by atoms with E-state index in [1.807, 2.05) is 60.3 Å². The number of ether oxygens (including phenoxy) is 2. The molecule has 4 aliphatic rings. The van der Waals surface area contributed by atoms with Crippen LogP contribution < -0.4 is 0 Å². The maximum atomic E-state index is 13.0. The van der Waals surface area contributed by atoms with Gasteiger partial charge < -0.3 is 60.1 Å². The van der Waals surface area contributed by atoms with Gasteiger partial charge in [-0.1, -0.05) is 35.8 Å². The number of benzene rings is 2. The summed E-state index contributed by atoms with van der Waals surface area (Å²) in [6.45, 7) is 0.243. The molecule has 8 unspecified atom stereocenters. The molecular formula is C37H44N2O11. The molecule has 1 aliphatic carbocycles. The summed E-state index contributed by atoms with van der Waals surface area (Å²) in [5.74, 6) is 11.8. The standard InChI is InChI=1S/C37H44N2O11/c1-38(2)17-30(42)39-13-11-37(12-14-39)24-15-20(5-9-26-31(43)35(47)33(45)28(18-40)49-26)3-7-22(24)23-8-4-21(16-25(23)37)6-10-27-32(44)36(48)34(46)29(19-41)50-27/h3-4,7-8,15-16,26-29,31-36,40-41,43-48H,11-14,17-19H2,1-2H3/t26?,27?,28?,29?,31?,32?,33-,34-,35?,36?/m1/s1. The molecule has 10 atom stereocenters. The average Bonchev–Trinajstić information content (AvgIpc) is 3.36. The Kier molecular flexibility index (Phi) is 10.7. The van der Waals surface area contributed by atoms with E-state index in [9.17, 15) is 45.6 Å². The summed E-state index contributed by atoms with van der Waals surface area (Å²) < 4.78 is 11.2. The first-order valence-corrected chi connectivity index (χ1v) is 16.7. The fourth-order valence-corrected chi connectivity index (χ4v) is 7.45. The lowest BCUT2D eigenvalue weighted by atomic mass is 9.70. The van der Waals surface area contributed by atoms with Crippen LogP contribution in [0.1, 0.15) is 35.1 Å². The minimum atomic E-state index is -1.53. The largest absolute Gasteiger partial charge is 0.394 e. The molecule has 0 radical (unpaired) electrons. The zero-order chi connectivity index (χ0) is 35.9. The van der Waals surface area contributed by atoms with E-state index in [1.165, 1.54) is 0 Å². The molecule has 1 spiro atoms. The summed E-state index contributed by atoms with van der Waals surface area (Å²) in [5, 5.41) is 80.8. The van der Waals surface area contributed by atoms with E-state index in [0.29, 0.717) is 43.6 Å². The molecule has 13 nitrogen and oxygen atoms in total. The monoisotopic (exact) mass is 692 g/mol. The van der Waals surface area contributed by atoms with Crippen LogP contribution in [-0.4, -0.2) is 165 Å². The fourth-order valence-electron chi connectivity index (χ4n) is 7.45. The number of rotatable bonds is 4. The quantitative estimate of drug-likeness (QED) is 0.157. The summed E-state index contributed by atoms with van der Waals surface area (Å²) in [4.78, 5) is 16.7. The Balaban J connectivity index is 1.34. The van der Waals surface area contributed by atoms with Gasteiger partial charge in [-0.05, 0) is 73.5 Å². The normalized spacial score (nSPS) is 32.8. The van der Waals surface area contributed by atoms with E-state index < -0.39 is 79.7 Å². The van der Waals surface area contributed by atoms with E-state index in [0.717, 1.165) is 22.3 Å². The number of aliphatic hydroxyl groups excluding tert-OH is 8. The van der Waals surface area contributed by atoms with Crippen molar-refractivity contribution in [2.24, 2.45) is 0 Å². The number of carbonyl (C=O) groups excluding carboxylic acids is 1. The number of nitrogens with zero attached hydrogens (tertiary/aromatic N) is 2. The van der Waals surface area contributed by atoms with Crippen molar-refractivity contribution >= 4 is 5.91 Å². The van der Waals surface area contributed by atoms with Crippen molar-refractivity contribution in [3.8, 4) is 34.8 Å². The minimum Gasteiger partial charge on any atom is -0.394 e. The molecule has 8 N–H and O–H groups in total. The average molecular weight is 693 g/mol. The van der Waals surface area contributed by atoms with Crippen LogP contribution in [0.4, 0.5) is 0 Å². The van der Waals surface area contributed by atoms with Gasteiger partial charge in [-0.2, -0.15) is 0 Å². The van der Waals surface area contributed by atoms with E-state index >= 15 is 0 Å². The van der Waals surface area contributed by atoms with Crippen molar-refractivity contribution in [3.63, 3.8) is 0 Å². The molecule has 2 aromatic carbocycles. The molecule has 50 heavy (non-hydrogen) atoms. The highest BCUT2D eigenvalue weighted by molar-refractivity contribution is 5.83. The first kappa shape index (κ1) is 36.4. The third-order valence-electron chi connectivity index (χ3n) is 10.3. The summed E-state index contributed by atoms with van der Waals surface area (Å²) >= 11 is 0. The highest BCUT2D eigenvalue weighted by Crippen LogP contribution is 2.54. The van der Waals surface area contributed by atoms with Gasteiger partial charge in [-0.15, -0.1) is 0 Å². The molecule has 2 aromatic rings. The number of likely N-dealkylation sites (tertiary alicyclic amines) is 1. The lowest BCUT2D eigenvalue weighted by molar-refractivity contribution is -0.214. The van der Waals surface area contributed by atoms with E-state index in [-0.39, 0.29) is 5.91 Å². The van der Waals surface area contributed by atoms with Gasteiger partial charge in [0, 0.05) is 29.6 Å². The molecule has 13 heteroatoms. The van der Waals surface area contributed by atoms with Crippen LogP contribution in [0.2, 0.25) is 0 Å². The molecule has 0 bridgehead atoms. The van der Waals surface area contributed by atoms with Gasteiger partial charge in [0.1, 0.15) is 61.0 Å². The first-order chi connectivity index (χ1) is 23.9. The van der Waals surface area contributed by atoms with Crippen LogP contribution in [0.15, 0.2) is 36.4 Å². The summed E-state index contributed by atoms with van der Waals surface area (Å²) in [7, 11) is 3.71. The fraction of sp³-hybridized carbons (Fsp3) is 0.541. The van der Waals surface area contributed by atoms with Gasteiger partial charge in [-0.3, -0.25) is 4.79 Å². The second-order valence-corrected chi connectivity index (χ2v) is 13.8. The maximum Gasteiger partial charge on any atom is 0.236 e. The molecule has 268 valence electrons. The second-order valence-electron chi connectivity index (χ2n) is 13.8. The van der Waals surface area contributed by atoms with Crippen molar-refractivity contribution in [2.45, 2.75) is 79.3 Å². The zero-order valence-electron chi connectivity index (χ0n) is 27.9. The maximum absolute atomic E-state index is 13.0. The third kappa shape index (κ3) is 6.68. The Bertz CT molecular complexity index is 1590. The molecule has 6 rings (SSSR count). The van der Waals surface area contributed by atoms with Gasteiger partial charge in [-0.25, -0.2) is 0 Å². The minimum absolute atomic E-state index is 0.0431. The number of hydrogen-bond acceptors (Lipinski definition) is 12. The number of aliphatic hydroxyl groups is 8. The van der Waals surface area contributed by atoms with Gasteiger partial charge in [0.15, 0.2) is 0 Å². The number of fused-ring (bicyclic) bond motifs is 5. The number of piperidine rings is 1. The molecule has 3 fully saturated rings. The Morgan fingerprint density at radius 3 is 1.58 bits per heavy atom. The Morgan fingerprint density at radius 1 is 0.740 bits per heavy atom. The molecule has 1 amide bonds. The van der Waals surface area contributed by atoms with Crippen molar-refractivity contribution < 1.29 is 55.1 Å². The van der Waals surface area contributed by atoms with Crippen molar-refractivity contribution in [1.29, 1.82) is 0 Å². The SMILES string of the molecule is CN(C)CC(=O)N1CCC2(CC1)c1cc(C#CC3OC(CO)[C@@H](O)C(O)C3O)ccc1-c1ccc(C#CC3OC(CO)[C@@H](O)C(O)C3O)cc12. The summed E-state index contributed by atoms with van der Waals surface area (Å²) in [5.41, 5.74) is 4.79. The van der Waals surface area contributed by atoms with Crippen molar-refractivity contribution in [3.05, 3.63) is 58.7 Å². The van der Waals surface area contributed by atoms with E-state index in [2.05, 4.69) is 23.7 Å². The molecular weight excluding hydrogens is 648 g/mol. The van der Waals surface area contributed by atoms with E-state index in [1.54, 1.807) is 0 Å². The Morgan fingerprint density at radius 2 is 1.18 bits per heavy atom. The van der Waals surface area contributed by atoms with Crippen LogP contribution in [0.3, 0.4) is 0 Å². The van der Waals surface area contributed by atoms with Crippen LogP contribution in [0.25, 0.3) is 11.1 Å². The van der Waals surface area contributed by atoms with E-state index in [4.69, 9.17) is 9.47 Å². The number of likely N-dealkylation sites (N-methyl/N-ethyl adjacent to an activating group) is 1. The van der Waals surface area contributed by atoms with Crippen LogP contribution >= 0.6 is 0 Å². The predicted molar refractivity (Wildman–Crippen MR) is 178 cm³/mol. The summed E-state index contributed by atoms with van der Waals surface area (Å²) in [6.07, 6.45) is -12.1. The van der Waals surface area contributed by atoms with Gasteiger partial charge >= 0.3 is 0 Å². The topological polar surface area (TPSA) is 204 Å². The lowest BCUT2D eigenvalue weighted by Crippen LogP contribution is -2.58. The lowest BCUT2D eigenvalue weighted by Gasteiger charge is -2.41. The Labute approximate surface area is 290 Å². The molecule has 3 saturated heterocycles. The second kappa shape index (κ2) is 14.7. The highest BCUT2D eigenvalue weighted by atomic mass is 16.5. The number of amides is 1. The smallest absolute Gasteiger partial charge is 0.236 e. The van der Waals surface area contributed by atoms with Gasteiger partial charge in [0.05, 0.1) is 19.8 Å². The number of carbonyl (C=O) groups is 1. The highest BCUT2D eigenvalue weighted by Gasteiger charge is 2.47. The molecule has 0 aromatic heterocycles.